The maximum Gasteiger partial charge on any atom is 0.423 e. The molecule has 0 spiro atoms. The predicted octanol–water partition coefficient (Wildman–Crippen LogP) is 4.83. The van der Waals surface area contributed by atoms with Crippen LogP contribution in [0.15, 0.2) is 67.1 Å². The number of aliphatic hydroxyl groups is 1. The third-order valence-corrected chi connectivity index (χ3v) is 6.11. The Balaban J connectivity index is 1.50. The molecule has 176 valence electrons. The summed E-state index contributed by atoms with van der Waals surface area (Å²) in [4.78, 5) is 4.50. The number of benzene rings is 1. The van der Waals surface area contributed by atoms with E-state index in [-0.39, 0.29) is 6.54 Å². The molecule has 0 saturated carbocycles. The smallest absolute Gasteiger partial charge is 0.375 e. The molecule has 0 bridgehead atoms. The molecule has 0 amide bonds. The van der Waals surface area contributed by atoms with E-state index in [2.05, 4.69) is 21.4 Å². The number of fused-ring (bicyclic) bond motifs is 2. The number of para-hydroxylation sites is 1. The van der Waals surface area contributed by atoms with E-state index in [1.54, 1.807) is 24.5 Å². The summed E-state index contributed by atoms with van der Waals surface area (Å²) in [6.07, 6.45) is -0.812. The minimum atomic E-state index is -4.87. The third kappa shape index (κ3) is 3.80. The Hall–Kier alpha value is -4.23. The van der Waals surface area contributed by atoms with Gasteiger partial charge in [0.1, 0.15) is 11.8 Å². The molecule has 1 aromatic carbocycles. The predicted molar refractivity (Wildman–Crippen MR) is 122 cm³/mol. The lowest BCUT2D eigenvalue weighted by Crippen LogP contribution is -2.42. The van der Waals surface area contributed by atoms with Crippen LogP contribution in [0.3, 0.4) is 0 Å². The molecule has 4 aromatic heterocycles. The first kappa shape index (κ1) is 22.6. The van der Waals surface area contributed by atoms with Gasteiger partial charge in [-0.15, -0.1) is 5.10 Å². The molecule has 1 N–H and O–H groups in total. The Labute approximate surface area is 197 Å². The minimum Gasteiger partial charge on any atom is -0.375 e. The molecule has 5 rings (SSSR count). The van der Waals surface area contributed by atoms with Gasteiger partial charge < -0.3 is 9.51 Å². The van der Waals surface area contributed by atoms with E-state index in [4.69, 9.17) is 0 Å². The molecule has 0 radical (unpaired) electrons. The van der Waals surface area contributed by atoms with Gasteiger partial charge >= 0.3 is 6.18 Å². The molecule has 0 aliphatic heterocycles. The average Bonchev–Trinajstić information content (AvgIpc) is 3.47. The van der Waals surface area contributed by atoms with Gasteiger partial charge in [-0.1, -0.05) is 30.3 Å². The molecule has 0 aliphatic carbocycles. The van der Waals surface area contributed by atoms with E-state index < -0.39 is 23.9 Å². The van der Waals surface area contributed by atoms with Crippen LogP contribution in [0, 0.1) is 11.3 Å². The van der Waals surface area contributed by atoms with Crippen molar-refractivity contribution in [2.24, 2.45) is 0 Å². The Morgan fingerprint density at radius 1 is 1.11 bits per heavy atom. The number of hydrogen-bond acceptors (Lipinski definition) is 5. The van der Waals surface area contributed by atoms with Gasteiger partial charge in [-0.05, 0) is 42.3 Å². The molecule has 1 atom stereocenters. The van der Waals surface area contributed by atoms with Crippen molar-refractivity contribution in [1.29, 1.82) is 5.26 Å². The number of rotatable bonds is 5. The number of halogens is 3. The van der Waals surface area contributed by atoms with Crippen LogP contribution < -0.4 is 0 Å². The number of alkyl halides is 3. The molecular formula is C25H19F3N6O. The van der Waals surface area contributed by atoms with Crippen molar-refractivity contribution in [3.8, 4) is 17.3 Å². The first-order valence-electron chi connectivity index (χ1n) is 10.8. The zero-order chi connectivity index (χ0) is 24.8. The maximum absolute atomic E-state index is 13.3. The molecule has 0 fully saturated rings. The van der Waals surface area contributed by atoms with Crippen molar-refractivity contribution < 1.29 is 18.3 Å². The highest BCUT2D eigenvalue weighted by atomic mass is 19.4. The summed E-state index contributed by atoms with van der Waals surface area (Å²) >= 11 is 0. The lowest BCUT2D eigenvalue weighted by Gasteiger charge is -2.26. The Morgan fingerprint density at radius 3 is 2.66 bits per heavy atom. The van der Waals surface area contributed by atoms with Gasteiger partial charge in [-0.3, -0.25) is 4.98 Å². The second-order valence-electron chi connectivity index (χ2n) is 8.28. The SMILES string of the molecule is CCC(O)(c1cn(Cc2ccn3c(-c4cnc5ccccc5c4)c(C#N)cc3c2)nn1)C(F)(F)F. The summed E-state index contributed by atoms with van der Waals surface area (Å²) in [5, 5.41) is 28.1. The molecule has 10 heteroatoms. The molecule has 0 saturated heterocycles. The van der Waals surface area contributed by atoms with Gasteiger partial charge in [0.05, 0.1) is 29.5 Å². The van der Waals surface area contributed by atoms with E-state index in [9.17, 15) is 23.5 Å². The summed E-state index contributed by atoms with van der Waals surface area (Å²) in [7, 11) is 0. The van der Waals surface area contributed by atoms with Gasteiger partial charge in [0.15, 0.2) is 0 Å². The fourth-order valence-corrected chi connectivity index (χ4v) is 4.18. The summed E-state index contributed by atoms with van der Waals surface area (Å²) < 4.78 is 43.1. The molecular weight excluding hydrogens is 457 g/mol. The molecule has 5 aromatic rings. The first-order chi connectivity index (χ1) is 16.7. The van der Waals surface area contributed by atoms with Gasteiger partial charge in [-0.25, -0.2) is 4.68 Å². The molecule has 0 aliphatic rings. The van der Waals surface area contributed by atoms with Crippen LogP contribution in [0.2, 0.25) is 0 Å². The lowest BCUT2D eigenvalue weighted by atomic mass is 9.96. The number of aromatic nitrogens is 5. The summed E-state index contributed by atoms with van der Waals surface area (Å²) in [5.41, 5.74) is 0.698. The van der Waals surface area contributed by atoms with E-state index in [1.807, 2.05) is 40.8 Å². The van der Waals surface area contributed by atoms with Crippen molar-refractivity contribution in [2.45, 2.75) is 31.7 Å². The van der Waals surface area contributed by atoms with Crippen LogP contribution in [0.4, 0.5) is 13.2 Å². The van der Waals surface area contributed by atoms with Crippen molar-refractivity contribution in [2.75, 3.05) is 0 Å². The summed E-state index contributed by atoms with van der Waals surface area (Å²) in [6, 6.07) is 17.3. The maximum atomic E-state index is 13.3. The third-order valence-electron chi connectivity index (χ3n) is 6.11. The molecule has 1 unspecified atom stereocenters. The van der Waals surface area contributed by atoms with Crippen molar-refractivity contribution >= 4 is 16.4 Å². The molecule has 4 heterocycles. The van der Waals surface area contributed by atoms with Crippen LogP contribution in [-0.2, 0) is 12.1 Å². The van der Waals surface area contributed by atoms with Crippen LogP contribution in [0.5, 0.6) is 0 Å². The van der Waals surface area contributed by atoms with E-state index in [1.165, 1.54) is 11.6 Å². The fourth-order valence-electron chi connectivity index (χ4n) is 4.18. The number of hydrogen-bond donors (Lipinski definition) is 1. The van der Waals surface area contributed by atoms with Gasteiger partial charge in [0, 0.05) is 28.9 Å². The first-order valence-corrected chi connectivity index (χ1v) is 10.8. The second-order valence-corrected chi connectivity index (χ2v) is 8.28. The Kier molecular flexibility index (Phi) is 5.29. The van der Waals surface area contributed by atoms with Crippen LogP contribution in [0.25, 0.3) is 27.7 Å². The van der Waals surface area contributed by atoms with Crippen LogP contribution in [-0.4, -0.2) is 35.7 Å². The standard InChI is InChI=1S/C25H19F3N6O/c1-2-24(35,25(26,27)28)22-15-33(32-31-22)14-16-7-8-34-20(9-16)11-18(12-29)23(34)19-10-17-5-3-4-6-21(17)30-13-19/h3-11,13,15,35H,2,14H2,1H3. The highest BCUT2D eigenvalue weighted by molar-refractivity contribution is 5.85. The topological polar surface area (TPSA) is 92.0 Å². The monoisotopic (exact) mass is 476 g/mol. The fraction of sp³-hybridized carbons (Fsp3) is 0.200. The largest absolute Gasteiger partial charge is 0.423 e. The normalized spacial score (nSPS) is 13.7. The highest BCUT2D eigenvalue weighted by Gasteiger charge is 2.55. The average molecular weight is 476 g/mol. The summed E-state index contributed by atoms with van der Waals surface area (Å²) in [5.74, 6) is 0. The highest BCUT2D eigenvalue weighted by Crippen LogP contribution is 2.40. The summed E-state index contributed by atoms with van der Waals surface area (Å²) in [6.45, 7) is 1.38. The van der Waals surface area contributed by atoms with E-state index in [0.717, 1.165) is 33.7 Å². The van der Waals surface area contributed by atoms with Gasteiger partial charge in [-0.2, -0.15) is 18.4 Å². The zero-order valence-corrected chi connectivity index (χ0v) is 18.5. The van der Waals surface area contributed by atoms with Crippen LogP contribution in [0.1, 0.15) is 30.2 Å². The quantitative estimate of drug-likeness (QED) is 0.393. The van der Waals surface area contributed by atoms with E-state index in [0.29, 0.717) is 11.3 Å². The molecule has 7 nitrogen and oxygen atoms in total. The Bertz CT molecular complexity index is 1600. The van der Waals surface area contributed by atoms with Gasteiger partial charge in [0.2, 0.25) is 5.60 Å². The lowest BCUT2D eigenvalue weighted by molar-refractivity contribution is -0.269. The number of pyridine rings is 2. The number of nitrogens with zero attached hydrogens (tertiary/aromatic N) is 6. The Morgan fingerprint density at radius 2 is 1.91 bits per heavy atom. The van der Waals surface area contributed by atoms with Crippen LogP contribution >= 0.6 is 0 Å². The van der Waals surface area contributed by atoms with Crippen molar-refractivity contribution in [3.63, 3.8) is 0 Å². The zero-order valence-electron chi connectivity index (χ0n) is 18.5. The molecule has 35 heavy (non-hydrogen) atoms. The number of nitriles is 1. The second kappa shape index (κ2) is 8.21. The van der Waals surface area contributed by atoms with E-state index >= 15 is 0 Å². The minimum absolute atomic E-state index is 0.140. The van der Waals surface area contributed by atoms with Gasteiger partial charge in [0.25, 0.3) is 0 Å². The van der Waals surface area contributed by atoms with Crippen molar-refractivity contribution in [1.82, 2.24) is 24.4 Å². The van der Waals surface area contributed by atoms with Crippen molar-refractivity contribution in [3.05, 3.63) is 83.9 Å².